The topological polar surface area (TPSA) is 50.4 Å². The van der Waals surface area contributed by atoms with E-state index in [0.29, 0.717) is 12.5 Å². The summed E-state index contributed by atoms with van der Waals surface area (Å²) in [6, 6.07) is 12.6. The molecule has 27 heavy (non-hydrogen) atoms. The van der Waals surface area contributed by atoms with Crippen LogP contribution in [0.1, 0.15) is 36.9 Å². The summed E-state index contributed by atoms with van der Waals surface area (Å²) in [6.07, 6.45) is 4.27. The Bertz CT molecular complexity index is 872. The number of likely N-dealkylation sites (tertiary alicyclic amines) is 1. The average molecular weight is 365 g/mol. The highest BCUT2D eigenvalue weighted by atomic mass is 16.5. The Balaban J connectivity index is 1.47. The minimum Gasteiger partial charge on any atom is -0.493 e. The number of piperidine rings is 1. The van der Waals surface area contributed by atoms with Crippen LogP contribution in [0.4, 0.5) is 0 Å². The van der Waals surface area contributed by atoms with Gasteiger partial charge in [-0.2, -0.15) is 0 Å². The van der Waals surface area contributed by atoms with Gasteiger partial charge in [0.2, 0.25) is 0 Å². The highest BCUT2D eigenvalue weighted by molar-refractivity contribution is 5.76. The summed E-state index contributed by atoms with van der Waals surface area (Å²) in [5.74, 6) is 2.15. The smallest absolute Gasteiger partial charge is 0.161 e. The van der Waals surface area contributed by atoms with Crippen molar-refractivity contribution < 1.29 is 9.47 Å². The van der Waals surface area contributed by atoms with Crippen LogP contribution >= 0.6 is 0 Å². The van der Waals surface area contributed by atoms with E-state index in [1.54, 1.807) is 7.11 Å². The van der Waals surface area contributed by atoms with Crippen molar-refractivity contribution in [1.29, 1.82) is 0 Å². The maximum Gasteiger partial charge on any atom is 0.161 e. The summed E-state index contributed by atoms with van der Waals surface area (Å²) >= 11 is 0. The molecule has 1 saturated heterocycles. The van der Waals surface area contributed by atoms with E-state index >= 15 is 0 Å². The third kappa shape index (κ3) is 3.93. The largest absolute Gasteiger partial charge is 0.493 e. The SMILES string of the molecule is CCOc1ccc(CN2CCC[C@@H](c3cc4cccnc4[nH]3)C2)cc1OC. The quantitative estimate of drug-likeness (QED) is 0.706. The van der Waals surface area contributed by atoms with Gasteiger partial charge < -0.3 is 14.5 Å². The van der Waals surface area contributed by atoms with Gasteiger partial charge >= 0.3 is 0 Å². The summed E-state index contributed by atoms with van der Waals surface area (Å²) in [6.45, 7) is 5.74. The number of nitrogens with one attached hydrogen (secondary N) is 1. The summed E-state index contributed by atoms with van der Waals surface area (Å²) < 4.78 is 11.1. The minimum atomic E-state index is 0.526. The number of hydrogen-bond donors (Lipinski definition) is 1. The summed E-state index contributed by atoms with van der Waals surface area (Å²) in [4.78, 5) is 10.5. The van der Waals surface area contributed by atoms with Gasteiger partial charge in [0.05, 0.1) is 13.7 Å². The van der Waals surface area contributed by atoms with Crippen LogP contribution in [-0.4, -0.2) is 41.7 Å². The summed E-state index contributed by atoms with van der Waals surface area (Å²) in [5.41, 5.74) is 3.55. The lowest BCUT2D eigenvalue weighted by molar-refractivity contribution is 0.198. The van der Waals surface area contributed by atoms with E-state index in [1.165, 1.54) is 29.5 Å². The molecule has 3 heterocycles. The van der Waals surface area contributed by atoms with Crippen LogP contribution in [0.25, 0.3) is 11.0 Å². The highest BCUT2D eigenvalue weighted by Gasteiger charge is 2.23. The first-order valence-corrected chi connectivity index (χ1v) is 9.72. The van der Waals surface area contributed by atoms with E-state index in [9.17, 15) is 0 Å². The van der Waals surface area contributed by atoms with Crippen LogP contribution in [0.3, 0.4) is 0 Å². The number of H-pyrrole nitrogens is 1. The molecule has 5 nitrogen and oxygen atoms in total. The highest BCUT2D eigenvalue weighted by Crippen LogP contribution is 2.31. The van der Waals surface area contributed by atoms with Crippen LogP contribution in [0.15, 0.2) is 42.6 Å². The van der Waals surface area contributed by atoms with Gasteiger partial charge in [0, 0.05) is 36.3 Å². The number of aromatic nitrogens is 2. The molecule has 0 bridgehead atoms. The molecule has 1 N–H and O–H groups in total. The van der Waals surface area contributed by atoms with Gasteiger partial charge in [-0.25, -0.2) is 4.98 Å². The molecule has 0 unspecified atom stereocenters. The Hall–Kier alpha value is -2.53. The number of hydrogen-bond acceptors (Lipinski definition) is 4. The Morgan fingerprint density at radius 3 is 2.96 bits per heavy atom. The first-order chi connectivity index (χ1) is 13.3. The van der Waals surface area contributed by atoms with Gasteiger partial charge in [-0.1, -0.05) is 6.07 Å². The lowest BCUT2D eigenvalue weighted by atomic mass is 9.94. The molecule has 1 aliphatic rings. The Morgan fingerprint density at radius 2 is 2.15 bits per heavy atom. The zero-order valence-electron chi connectivity index (χ0n) is 16.1. The van der Waals surface area contributed by atoms with Gasteiger partial charge in [0.1, 0.15) is 5.65 Å². The van der Waals surface area contributed by atoms with Crippen LogP contribution in [-0.2, 0) is 6.54 Å². The molecule has 3 aromatic rings. The summed E-state index contributed by atoms with van der Waals surface area (Å²) in [5, 5.41) is 1.20. The maximum absolute atomic E-state index is 5.63. The predicted molar refractivity (Wildman–Crippen MR) is 108 cm³/mol. The van der Waals surface area contributed by atoms with E-state index in [4.69, 9.17) is 9.47 Å². The number of benzene rings is 1. The predicted octanol–water partition coefficient (Wildman–Crippen LogP) is 4.35. The molecule has 0 amide bonds. The van der Waals surface area contributed by atoms with Crippen molar-refractivity contribution in [3.05, 3.63) is 53.9 Å². The summed E-state index contributed by atoms with van der Waals surface area (Å²) in [7, 11) is 1.70. The fourth-order valence-corrected chi connectivity index (χ4v) is 4.00. The Kier molecular flexibility index (Phi) is 5.30. The molecule has 1 aliphatic heterocycles. The molecule has 0 radical (unpaired) electrons. The lowest BCUT2D eigenvalue weighted by Crippen LogP contribution is -2.34. The first kappa shape index (κ1) is 17.9. The standard InChI is InChI=1S/C22H27N3O2/c1-3-27-20-9-8-16(12-21(20)26-2)14-25-11-5-7-18(15-25)19-13-17-6-4-10-23-22(17)24-19/h4,6,8-10,12-13,18H,3,5,7,11,14-15H2,1-2H3,(H,23,24)/t18-/m1/s1. The van der Waals surface area contributed by atoms with Gasteiger partial charge in [-0.05, 0) is 62.2 Å². The second kappa shape index (κ2) is 8.01. The van der Waals surface area contributed by atoms with Gasteiger partial charge in [0.25, 0.3) is 0 Å². The van der Waals surface area contributed by atoms with Crippen LogP contribution in [0, 0.1) is 0 Å². The number of rotatable bonds is 6. The fraction of sp³-hybridized carbons (Fsp3) is 0.409. The van der Waals surface area contributed by atoms with Gasteiger partial charge in [-0.15, -0.1) is 0 Å². The molecule has 2 aromatic heterocycles. The third-order valence-electron chi connectivity index (χ3n) is 5.29. The Morgan fingerprint density at radius 1 is 1.22 bits per heavy atom. The number of pyridine rings is 1. The first-order valence-electron chi connectivity index (χ1n) is 9.72. The fourth-order valence-electron chi connectivity index (χ4n) is 4.00. The van der Waals surface area contributed by atoms with Crippen molar-refractivity contribution in [2.24, 2.45) is 0 Å². The van der Waals surface area contributed by atoms with Crippen molar-refractivity contribution in [3.63, 3.8) is 0 Å². The molecule has 1 fully saturated rings. The van der Waals surface area contributed by atoms with E-state index in [2.05, 4.69) is 39.1 Å². The monoisotopic (exact) mass is 365 g/mol. The number of nitrogens with zero attached hydrogens (tertiary/aromatic N) is 2. The number of ether oxygens (including phenoxy) is 2. The van der Waals surface area contributed by atoms with Crippen LogP contribution in [0.2, 0.25) is 0 Å². The van der Waals surface area contributed by atoms with Crippen molar-refractivity contribution >= 4 is 11.0 Å². The maximum atomic E-state index is 5.63. The second-order valence-electron chi connectivity index (χ2n) is 7.16. The molecule has 0 aliphatic carbocycles. The molecular weight excluding hydrogens is 338 g/mol. The molecule has 4 rings (SSSR count). The normalized spacial score (nSPS) is 17.9. The lowest BCUT2D eigenvalue weighted by Gasteiger charge is -2.32. The van der Waals surface area contributed by atoms with Crippen molar-refractivity contribution in [3.8, 4) is 11.5 Å². The molecule has 0 spiro atoms. The van der Waals surface area contributed by atoms with E-state index < -0.39 is 0 Å². The third-order valence-corrected chi connectivity index (χ3v) is 5.29. The van der Waals surface area contributed by atoms with E-state index in [1.807, 2.05) is 25.3 Å². The minimum absolute atomic E-state index is 0.526. The van der Waals surface area contributed by atoms with E-state index in [-0.39, 0.29) is 0 Å². The average Bonchev–Trinajstić information content (AvgIpc) is 3.14. The van der Waals surface area contributed by atoms with E-state index in [0.717, 1.165) is 36.8 Å². The zero-order valence-corrected chi connectivity index (χ0v) is 16.1. The second-order valence-corrected chi connectivity index (χ2v) is 7.16. The Labute approximate surface area is 160 Å². The molecule has 1 atom stereocenters. The van der Waals surface area contributed by atoms with Gasteiger partial charge in [-0.3, -0.25) is 4.90 Å². The van der Waals surface area contributed by atoms with Crippen LogP contribution < -0.4 is 9.47 Å². The number of aromatic amines is 1. The van der Waals surface area contributed by atoms with Crippen molar-refractivity contribution in [2.45, 2.75) is 32.2 Å². The molecule has 142 valence electrons. The molecule has 0 saturated carbocycles. The zero-order chi connectivity index (χ0) is 18.6. The van der Waals surface area contributed by atoms with Crippen molar-refractivity contribution in [1.82, 2.24) is 14.9 Å². The molecule has 1 aromatic carbocycles. The molecular formula is C22H27N3O2. The number of methoxy groups -OCH3 is 1. The van der Waals surface area contributed by atoms with Crippen molar-refractivity contribution in [2.75, 3.05) is 26.8 Å². The van der Waals surface area contributed by atoms with Gasteiger partial charge in [0.15, 0.2) is 11.5 Å². The molecule has 5 heteroatoms. The number of fused-ring (bicyclic) bond motifs is 1. The van der Waals surface area contributed by atoms with Crippen LogP contribution in [0.5, 0.6) is 11.5 Å².